The number of nitrogens with one attached hydrogen (secondary N) is 1. The summed E-state index contributed by atoms with van der Waals surface area (Å²) in [6.45, 7) is 4.78. The highest BCUT2D eigenvalue weighted by molar-refractivity contribution is 6.30. The Morgan fingerprint density at radius 1 is 1.25 bits per heavy atom. The summed E-state index contributed by atoms with van der Waals surface area (Å²) in [5.74, 6) is 0.835. The van der Waals surface area contributed by atoms with Gasteiger partial charge in [0.05, 0.1) is 6.61 Å². The van der Waals surface area contributed by atoms with Crippen LogP contribution >= 0.6 is 11.6 Å². The number of benzene rings is 2. The Bertz CT molecular complexity index is 885. The van der Waals surface area contributed by atoms with Crippen LogP contribution in [0, 0.1) is 6.92 Å². The molecule has 4 nitrogen and oxygen atoms in total. The molecule has 0 fully saturated rings. The number of hydrogen-bond acceptors (Lipinski definition) is 3. The van der Waals surface area contributed by atoms with E-state index in [0.29, 0.717) is 29.5 Å². The van der Waals surface area contributed by atoms with E-state index in [2.05, 4.69) is 5.32 Å². The van der Waals surface area contributed by atoms with E-state index in [1.165, 1.54) is 0 Å². The van der Waals surface area contributed by atoms with Crippen molar-refractivity contribution in [3.05, 3.63) is 64.4 Å². The summed E-state index contributed by atoms with van der Waals surface area (Å²) in [5, 5.41) is 4.39. The van der Waals surface area contributed by atoms with Crippen LogP contribution in [-0.4, -0.2) is 12.5 Å². The molecule has 0 atom stereocenters. The molecule has 0 unspecified atom stereocenters. The molecule has 0 bridgehead atoms. The van der Waals surface area contributed by atoms with Crippen LogP contribution in [0.2, 0.25) is 5.02 Å². The van der Waals surface area contributed by atoms with Crippen LogP contribution in [0.15, 0.2) is 46.9 Å². The van der Waals surface area contributed by atoms with Gasteiger partial charge in [-0.25, -0.2) is 0 Å². The van der Waals surface area contributed by atoms with E-state index in [1.54, 1.807) is 6.07 Å². The molecular formula is C19H18ClNO3. The van der Waals surface area contributed by atoms with Gasteiger partial charge < -0.3 is 14.5 Å². The summed E-state index contributed by atoms with van der Waals surface area (Å²) in [6.07, 6.45) is 0. The number of furan rings is 1. The highest BCUT2D eigenvalue weighted by Gasteiger charge is 2.18. The topological polar surface area (TPSA) is 51.5 Å². The van der Waals surface area contributed by atoms with Gasteiger partial charge in [-0.2, -0.15) is 0 Å². The summed E-state index contributed by atoms with van der Waals surface area (Å²) < 4.78 is 11.2. The molecule has 3 rings (SSSR count). The van der Waals surface area contributed by atoms with Crippen LogP contribution in [0.4, 0.5) is 0 Å². The third-order valence-corrected chi connectivity index (χ3v) is 4.00. The molecule has 5 heteroatoms. The molecule has 2 aromatic carbocycles. The maximum absolute atomic E-state index is 12.4. The molecule has 0 spiro atoms. The predicted molar refractivity (Wildman–Crippen MR) is 94.7 cm³/mol. The fraction of sp³-hybridized carbons (Fsp3) is 0.211. The lowest BCUT2D eigenvalue weighted by Gasteiger charge is -2.04. The Hall–Kier alpha value is -2.46. The summed E-state index contributed by atoms with van der Waals surface area (Å²) in [4.78, 5) is 12.4. The number of rotatable bonds is 5. The first-order valence-electron chi connectivity index (χ1n) is 7.77. The fourth-order valence-electron chi connectivity index (χ4n) is 2.58. The summed E-state index contributed by atoms with van der Waals surface area (Å²) in [5.41, 5.74) is 2.40. The zero-order valence-electron chi connectivity index (χ0n) is 13.6. The molecule has 0 saturated carbocycles. The quantitative estimate of drug-likeness (QED) is 0.729. The zero-order chi connectivity index (χ0) is 17.1. The first-order valence-corrected chi connectivity index (χ1v) is 8.15. The Morgan fingerprint density at radius 2 is 2.08 bits per heavy atom. The normalized spacial score (nSPS) is 10.8. The molecular weight excluding hydrogens is 326 g/mol. The van der Waals surface area contributed by atoms with Gasteiger partial charge in [-0.3, -0.25) is 4.79 Å². The lowest BCUT2D eigenvalue weighted by atomic mass is 10.1. The van der Waals surface area contributed by atoms with Crippen molar-refractivity contribution in [2.75, 3.05) is 6.61 Å². The first kappa shape index (κ1) is 16.4. The van der Waals surface area contributed by atoms with Gasteiger partial charge in [-0.1, -0.05) is 23.7 Å². The van der Waals surface area contributed by atoms with Crippen molar-refractivity contribution in [1.29, 1.82) is 0 Å². The third-order valence-electron chi connectivity index (χ3n) is 3.77. The van der Waals surface area contributed by atoms with E-state index in [1.807, 2.05) is 50.2 Å². The number of amides is 1. The van der Waals surface area contributed by atoms with Crippen molar-refractivity contribution in [3.63, 3.8) is 0 Å². The van der Waals surface area contributed by atoms with Gasteiger partial charge in [-0.05, 0) is 49.7 Å². The zero-order valence-corrected chi connectivity index (χ0v) is 14.3. The van der Waals surface area contributed by atoms with E-state index < -0.39 is 0 Å². The minimum atomic E-state index is -0.248. The Balaban J connectivity index is 1.80. The number of halogens is 1. The van der Waals surface area contributed by atoms with E-state index in [4.69, 9.17) is 20.8 Å². The number of ether oxygens (including phenoxy) is 1. The molecule has 1 N–H and O–H groups in total. The molecule has 0 aliphatic heterocycles. The summed E-state index contributed by atoms with van der Waals surface area (Å²) >= 11 is 5.95. The van der Waals surface area contributed by atoms with Crippen LogP contribution in [0.1, 0.15) is 28.6 Å². The molecule has 1 amide bonds. The Kier molecular flexibility index (Phi) is 4.76. The van der Waals surface area contributed by atoms with Gasteiger partial charge in [0.15, 0.2) is 5.76 Å². The fourth-order valence-corrected chi connectivity index (χ4v) is 2.80. The first-order chi connectivity index (χ1) is 11.6. The van der Waals surface area contributed by atoms with Gasteiger partial charge in [0.1, 0.15) is 11.3 Å². The molecule has 0 aliphatic rings. The largest absolute Gasteiger partial charge is 0.494 e. The van der Waals surface area contributed by atoms with Gasteiger partial charge in [-0.15, -0.1) is 0 Å². The van der Waals surface area contributed by atoms with Crippen LogP contribution in [0.5, 0.6) is 5.75 Å². The lowest BCUT2D eigenvalue weighted by molar-refractivity contribution is 0.0924. The molecule has 1 heterocycles. The summed E-state index contributed by atoms with van der Waals surface area (Å²) in [7, 11) is 0. The second kappa shape index (κ2) is 6.97. The highest BCUT2D eigenvalue weighted by Crippen LogP contribution is 2.29. The Labute approximate surface area is 145 Å². The van der Waals surface area contributed by atoms with Gasteiger partial charge in [0, 0.05) is 22.5 Å². The predicted octanol–water partition coefficient (Wildman–Crippen LogP) is 4.72. The van der Waals surface area contributed by atoms with E-state index >= 15 is 0 Å². The maximum atomic E-state index is 12.4. The number of fused-ring (bicyclic) bond motifs is 1. The summed E-state index contributed by atoms with van der Waals surface area (Å²) in [6, 6.07) is 12.9. The Morgan fingerprint density at radius 3 is 2.83 bits per heavy atom. The minimum Gasteiger partial charge on any atom is -0.494 e. The smallest absolute Gasteiger partial charge is 0.287 e. The number of hydrogen-bond donors (Lipinski definition) is 1. The molecule has 24 heavy (non-hydrogen) atoms. The van der Waals surface area contributed by atoms with E-state index in [9.17, 15) is 4.79 Å². The van der Waals surface area contributed by atoms with Crippen molar-refractivity contribution in [3.8, 4) is 5.75 Å². The van der Waals surface area contributed by atoms with Crippen LogP contribution in [0.3, 0.4) is 0 Å². The molecule has 124 valence electrons. The van der Waals surface area contributed by atoms with Gasteiger partial charge in [0.25, 0.3) is 5.91 Å². The highest BCUT2D eigenvalue weighted by atomic mass is 35.5. The van der Waals surface area contributed by atoms with Gasteiger partial charge >= 0.3 is 0 Å². The number of carbonyl (C=O) groups is 1. The number of carbonyl (C=O) groups excluding carboxylic acids is 1. The number of aryl methyl sites for hydroxylation is 1. The molecule has 0 saturated heterocycles. The third kappa shape index (κ3) is 3.39. The van der Waals surface area contributed by atoms with Crippen LogP contribution in [0.25, 0.3) is 11.0 Å². The van der Waals surface area contributed by atoms with E-state index in [-0.39, 0.29) is 5.91 Å². The van der Waals surface area contributed by atoms with Gasteiger partial charge in [0.2, 0.25) is 0 Å². The average Bonchev–Trinajstić information content (AvgIpc) is 2.90. The minimum absolute atomic E-state index is 0.248. The monoisotopic (exact) mass is 343 g/mol. The standard InChI is InChI=1S/C19H18ClNO3/c1-3-23-15-7-8-17-16(10-15)12(2)18(24-17)19(22)21-11-13-5-4-6-14(20)9-13/h4-10H,3,11H2,1-2H3,(H,21,22). The SMILES string of the molecule is CCOc1ccc2oc(C(=O)NCc3cccc(Cl)c3)c(C)c2c1. The van der Waals surface area contributed by atoms with E-state index in [0.717, 1.165) is 22.3 Å². The molecule has 1 aromatic heterocycles. The molecule has 3 aromatic rings. The second-order valence-electron chi connectivity index (χ2n) is 5.46. The molecule has 0 radical (unpaired) electrons. The van der Waals surface area contributed by atoms with Crippen molar-refractivity contribution >= 4 is 28.5 Å². The van der Waals surface area contributed by atoms with Crippen molar-refractivity contribution < 1.29 is 13.9 Å². The maximum Gasteiger partial charge on any atom is 0.287 e. The average molecular weight is 344 g/mol. The lowest BCUT2D eigenvalue weighted by Crippen LogP contribution is -2.22. The van der Waals surface area contributed by atoms with Crippen molar-refractivity contribution in [2.24, 2.45) is 0 Å². The molecule has 0 aliphatic carbocycles. The van der Waals surface area contributed by atoms with Crippen LogP contribution < -0.4 is 10.1 Å². The van der Waals surface area contributed by atoms with Crippen LogP contribution in [-0.2, 0) is 6.54 Å². The van der Waals surface area contributed by atoms with Crippen molar-refractivity contribution in [2.45, 2.75) is 20.4 Å². The van der Waals surface area contributed by atoms with Crippen molar-refractivity contribution in [1.82, 2.24) is 5.32 Å². The second-order valence-corrected chi connectivity index (χ2v) is 5.90.